The number of carboxylic acids is 1. The fourth-order valence-electron chi connectivity index (χ4n) is 2.25. The summed E-state index contributed by atoms with van der Waals surface area (Å²) >= 11 is 0. The SMILES string of the molecule is CC(NC(=O)C(NC(=O)CNC(=O)C(N)Cc1ccccc1)C(C)O)C(=O)O. The van der Waals surface area contributed by atoms with E-state index in [1.807, 2.05) is 30.3 Å². The second-order valence-electron chi connectivity index (χ2n) is 6.37. The lowest BCUT2D eigenvalue weighted by molar-refractivity contribution is -0.142. The van der Waals surface area contributed by atoms with Gasteiger partial charge in [0.15, 0.2) is 0 Å². The Morgan fingerprint density at radius 2 is 1.64 bits per heavy atom. The highest BCUT2D eigenvalue weighted by molar-refractivity contribution is 5.92. The zero-order valence-electron chi connectivity index (χ0n) is 15.7. The number of aliphatic hydroxyl groups is 1. The number of hydrogen-bond acceptors (Lipinski definition) is 6. The second kappa shape index (κ2) is 11.0. The molecule has 0 saturated carbocycles. The van der Waals surface area contributed by atoms with Crippen LogP contribution in [0.1, 0.15) is 19.4 Å². The molecule has 0 aliphatic heterocycles. The van der Waals surface area contributed by atoms with E-state index in [4.69, 9.17) is 10.8 Å². The predicted molar refractivity (Wildman–Crippen MR) is 100.0 cm³/mol. The van der Waals surface area contributed by atoms with Crippen LogP contribution in [0.5, 0.6) is 0 Å². The van der Waals surface area contributed by atoms with Gasteiger partial charge in [-0.25, -0.2) is 0 Å². The smallest absolute Gasteiger partial charge is 0.325 e. The minimum atomic E-state index is -1.37. The quantitative estimate of drug-likeness (QED) is 0.270. The van der Waals surface area contributed by atoms with Crippen molar-refractivity contribution in [3.05, 3.63) is 35.9 Å². The molecule has 3 amide bonds. The van der Waals surface area contributed by atoms with Crippen molar-refractivity contribution in [1.82, 2.24) is 16.0 Å². The molecule has 7 N–H and O–H groups in total. The molecule has 1 aromatic carbocycles. The number of nitrogens with one attached hydrogen (secondary N) is 3. The first-order valence-electron chi connectivity index (χ1n) is 8.69. The molecule has 154 valence electrons. The molecule has 0 spiro atoms. The van der Waals surface area contributed by atoms with Crippen LogP contribution >= 0.6 is 0 Å². The Balaban J connectivity index is 2.52. The van der Waals surface area contributed by atoms with E-state index in [-0.39, 0.29) is 0 Å². The highest BCUT2D eigenvalue weighted by Gasteiger charge is 2.28. The van der Waals surface area contributed by atoms with Gasteiger partial charge in [-0.15, -0.1) is 0 Å². The monoisotopic (exact) mass is 394 g/mol. The number of rotatable bonds is 10. The Morgan fingerprint density at radius 3 is 2.18 bits per heavy atom. The second-order valence-corrected chi connectivity index (χ2v) is 6.37. The first-order valence-corrected chi connectivity index (χ1v) is 8.69. The first kappa shape index (κ1) is 23.1. The third-order valence-corrected chi connectivity index (χ3v) is 3.87. The minimum Gasteiger partial charge on any atom is -0.480 e. The van der Waals surface area contributed by atoms with Gasteiger partial charge in [0.1, 0.15) is 12.1 Å². The summed E-state index contributed by atoms with van der Waals surface area (Å²) in [5.74, 6) is -3.39. The lowest BCUT2D eigenvalue weighted by atomic mass is 10.1. The zero-order chi connectivity index (χ0) is 21.3. The summed E-state index contributed by atoms with van der Waals surface area (Å²) in [4.78, 5) is 46.8. The van der Waals surface area contributed by atoms with Gasteiger partial charge in [0.2, 0.25) is 17.7 Å². The third-order valence-electron chi connectivity index (χ3n) is 3.87. The Morgan fingerprint density at radius 1 is 1.04 bits per heavy atom. The highest BCUT2D eigenvalue weighted by Crippen LogP contribution is 2.02. The number of benzene rings is 1. The Bertz CT molecular complexity index is 695. The van der Waals surface area contributed by atoms with Crippen molar-refractivity contribution in [3.63, 3.8) is 0 Å². The molecule has 4 atom stereocenters. The van der Waals surface area contributed by atoms with Crippen molar-refractivity contribution in [2.45, 2.75) is 44.5 Å². The summed E-state index contributed by atoms with van der Waals surface area (Å²) in [6.07, 6.45) is -0.985. The van der Waals surface area contributed by atoms with Gasteiger partial charge in [-0.05, 0) is 25.8 Å². The minimum absolute atomic E-state index is 0.292. The molecule has 10 heteroatoms. The van der Waals surface area contributed by atoms with Crippen LogP contribution in [-0.2, 0) is 25.6 Å². The molecular weight excluding hydrogens is 368 g/mol. The van der Waals surface area contributed by atoms with Gasteiger partial charge in [0, 0.05) is 0 Å². The normalized spacial score (nSPS) is 14.9. The molecule has 0 fully saturated rings. The van der Waals surface area contributed by atoms with Gasteiger partial charge in [0.05, 0.1) is 18.7 Å². The molecule has 1 rings (SSSR count). The van der Waals surface area contributed by atoms with E-state index in [1.165, 1.54) is 13.8 Å². The van der Waals surface area contributed by atoms with Crippen molar-refractivity contribution in [2.75, 3.05) is 6.54 Å². The average molecular weight is 394 g/mol. The summed E-state index contributed by atoms with van der Waals surface area (Å²) in [7, 11) is 0. The summed E-state index contributed by atoms with van der Waals surface area (Å²) in [5.41, 5.74) is 6.68. The van der Waals surface area contributed by atoms with Gasteiger partial charge < -0.3 is 31.9 Å². The van der Waals surface area contributed by atoms with Crippen LogP contribution in [0, 0.1) is 0 Å². The van der Waals surface area contributed by atoms with Gasteiger partial charge in [-0.1, -0.05) is 30.3 Å². The molecule has 0 radical (unpaired) electrons. The summed E-state index contributed by atoms with van der Waals surface area (Å²) in [5, 5.41) is 25.3. The van der Waals surface area contributed by atoms with Crippen molar-refractivity contribution in [1.29, 1.82) is 0 Å². The van der Waals surface area contributed by atoms with Crippen molar-refractivity contribution in [3.8, 4) is 0 Å². The number of nitrogens with two attached hydrogens (primary N) is 1. The Kier molecular flexibility index (Phi) is 9.06. The predicted octanol–water partition coefficient (Wildman–Crippen LogP) is -1.87. The van der Waals surface area contributed by atoms with E-state index in [9.17, 15) is 24.3 Å². The van der Waals surface area contributed by atoms with Crippen LogP contribution in [0.4, 0.5) is 0 Å². The number of aliphatic carboxylic acids is 1. The number of aliphatic hydroxyl groups excluding tert-OH is 1. The summed E-state index contributed by atoms with van der Waals surface area (Å²) in [6.45, 7) is 2.06. The topological polar surface area (TPSA) is 171 Å². The van der Waals surface area contributed by atoms with Gasteiger partial charge in [0.25, 0.3) is 0 Å². The van der Waals surface area contributed by atoms with Crippen molar-refractivity contribution in [2.24, 2.45) is 5.73 Å². The Hall–Kier alpha value is -2.98. The summed E-state index contributed by atoms with van der Waals surface area (Å²) in [6, 6.07) is 5.70. The van der Waals surface area contributed by atoms with Crippen LogP contribution in [0.3, 0.4) is 0 Å². The Labute approximate surface area is 162 Å². The molecule has 1 aromatic rings. The molecule has 0 aliphatic carbocycles. The van der Waals surface area contributed by atoms with Gasteiger partial charge in [-0.2, -0.15) is 0 Å². The molecular formula is C18H26N4O6. The number of carbonyl (C=O) groups excluding carboxylic acids is 3. The van der Waals surface area contributed by atoms with E-state index in [2.05, 4.69) is 16.0 Å². The van der Waals surface area contributed by atoms with E-state index < -0.39 is 54.5 Å². The fraction of sp³-hybridized carbons (Fsp3) is 0.444. The molecule has 0 aromatic heterocycles. The highest BCUT2D eigenvalue weighted by atomic mass is 16.4. The van der Waals surface area contributed by atoms with E-state index >= 15 is 0 Å². The zero-order valence-corrected chi connectivity index (χ0v) is 15.7. The van der Waals surface area contributed by atoms with Crippen LogP contribution < -0.4 is 21.7 Å². The molecule has 0 saturated heterocycles. The average Bonchev–Trinajstić information content (AvgIpc) is 2.64. The molecule has 4 unspecified atom stereocenters. The molecule has 10 nitrogen and oxygen atoms in total. The van der Waals surface area contributed by atoms with Crippen molar-refractivity contribution >= 4 is 23.7 Å². The first-order chi connectivity index (χ1) is 13.1. The lowest BCUT2D eigenvalue weighted by Crippen LogP contribution is -2.57. The number of carboxylic acid groups (broad SMARTS) is 1. The van der Waals surface area contributed by atoms with E-state index in [1.54, 1.807) is 0 Å². The van der Waals surface area contributed by atoms with Crippen LogP contribution in [-0.4, -0.2) is 64.7 Å². The molecule has 28 heavy (non-hydrogen) atoms. The maximum atomic E-state index is 12.0. The lowest BCUT2D eigenvalue weighted by Gasteiger charge is -2.22. The third kappa shape index (κ3) is 7.72. The maximum absolute atomic E-state index is 12.0. The van der Waals surface area contributed by atoms with E-state index in [0.29, 0.717) is 6.42 Å². The maximum Gasteiger partial charge on any atom is 0.325 e. The number of carbonyl (C=O) groups is 4. The van der Waals surface area contributed by atoms with Crippen LogP contribution in [0.15, 0.2) is 30.3 Å². The van der Waals surface area contributed by atoms with Gasteiger partial charge >= 0.3 is 5.97 Å². The van der Waals surface area contributed by atoms with Crippen LogP contribution in [0.25, 0.3) is 0 Å². The van der Waals surface area contributed by atoms with Gasteiger partial charge in [-0.3, -0.25) is 19.2 Å². The van der Waals surface area contributed by atoms with Crippen molar-refractivity contribution < 1.29 is 29.4 Å². The summed E-state index contributed by atoms with van der Waals surface area (Å²) < 4.78 is 0. The molecule has 0 bridgehead atoms. The molecule has 0 heterocycles. The largest absolute Gasteiger partial charge is 0.480 e. The van der Waals surface area contributed by atoms with E-state index in [0.717, 1.165) is 5.56 Å². The van der Waals surface area contributed by atoms with Crippen LogP contribution in [0.2, 0.25) is 0 Å². The standard InChI is InChI=1S/C18H26N4O6/c1-10(18(27)28)21-17(26)15(11(2)23)22-14(24)9-20-16(25)13(19)8-12-6-4-3-5-7-12/h3-7,10-11,13,15,23H,8-9,19H2,1-2H3,(H,20,25)(H,21,26)(H,22,24)(H,27,28). The fourth-order valence-corrected chi connectivity index (χ4v) is 2.25. The number of hydrogen-bond donors (Lipinski definition) is 6. The number of amides is 3. The molecule has 0 aliphatic rings.